The Kier molecular flexibility index (Phi) is 8.20. The number of benzene rings is 1. The van der Waals surface area contributed by atoms with E-state index in [1.165, 1.54) is 38.0 Å². The number of hydrogen-bond acceptors (Lipinski definition) is 5. The zero-order chi connectivity index (χ0) is 21.7. The van der Waals surface area contributed by atoms with E-state index in [-0.39, 0.29) is 13.1 Å². The molecular weight excluding hydrogens is 438 g/mol. The maximum absolute atomic E-state index is 12.3. The predicted octanol–water partition coefficient (Wildman–Crippen LogP) is 1.48. The van der Waals surface area contributed by atoms with Crippen LogP contribution in [0.4, 0.5) is 0 Å². The lowest BCUT2D eigenvalue weighted by Gasteiger charge is -2.17. The Bertz CT molecular complexity index is 1000. The quantitative estimate of drug-likeness (QED) is 0.508. The van der Waals surface area contributed by atoms with E-state index in [4.69, 9.17) is 11.6 Å². The highest BCUT2D eigenvalue weighted by Gasteiger charge is 2.18. The van der Waals surface area contributed by atoms with Crippen molar-refractivity contribution < 1.29 is 16.8 Å². The summed E-state index contributed by atoms with van der Waals surface area (Å²) in [4.78, 5) is 4.09. The lowest BCUT2D eigenvalue weighted by atomic mass is 10.2. The standard InChI is InChI=1S/C17H26ClN5O4S2/c1-21(2)29(26,27)23-13-17(19-14-23)6-4-5-11-20-28(24,25)22(3)12-15-7-9-16(18)10-8-15/h7-10,13-14,20H,4-6,11-12H2,1-3H3. The van der Waals surface area contributed by atoms with E-state index in [9.17, 15) is 16.8 Å². The van der Waals surface area contributed by atoms with Crippen LogP contribution in [0.1, 0.15) is 24.1 Å². The molecule has 162 valence electrons. The molecule has 0 bridgehead atoms. The van der Waals surface area contributed by atoms with Crippen LogP contribution in [0, 0.1) is 0 Å². The number of halogens is 1. The molecule has 2 aromatic rings. The van der Waals surface area contributed by atoms with E-state index < -0.39 is 20.4 Å². The number of nitrogens with zero attached hydrogens (tertiary/aromatic N) is 4. The summed E-state index contributed by atoms with van der Waals surface area (Å²) in [6.07, 6.45) is 4.56. The highest BCUT2D eigenvalue weighted by Crippen LogP contribution is 2.12. The van der Waals surface area contributed by atoms with Gasteiger partial charge in [0.1, 0.15) is 6.33 Å². The summed E-state index contributed by atoms with van der Waals surface area (Å²) >= 11 is 5.84. The van der Waals surface area contributed by atoms with Gasteiger partial charge in [-0.2, -0.15) is 25.4 Å². The summed E-state index contributed by atoms with van der Waals surface area (Å²) in [7, 11) is -2.75. The number of imidazole rings is 1. The molecule has 0 saturated carbocycles. The maximum Gasteiger partial charge on any atom is 0.308 e. The average Bonchev–Trinajstić information content (AvgIpc) is 3.12. The molecule has 0 spiro atoms. The molecule has 1 aromatic heterocycles. The Labute approximate surface area is 177 Å². The van der Waals surface area contributed by atoms with Crippen LogP contribution >= 0.6 is 11.6 Å². The fraction of sp³-hybridized carbons (Fsp3) is 0.471. The van der Waals surface area contributed by atoms with Gasteiger partial charge in [-0.3, -0.25) is 0 Å². The SMILES string of the molecule is CN(Cc1ccc(Cl)cc1)S(=O)(=O)NCCCCc1cn(S(=O)(=O)N(C)C)cn1. The zero-order valence-corrected chi connectivity index (χ0v) is 19.0. The van der Waals surface area contributed by atoms with Crippen molar-refractivity contribution in [2.24, 2.45) is 0 Å². The number of unbranched alkanes of at least 4 members (excludes halogenated alkanes) is 1. The Hall–Kier alpha value is -1.50. The average molecular weight is 464 g/mol. The van der Waals surface area contributed by atoms with Gasteiger partial charge in [0.2, 0.25) is 0 Å². The van der Waals surface area contributed by atoms with Crippen LogP contribution in [0.5, 0.6) is 0 Å². The van der Waals surface area contributed by atoms with Crippen molar-refractivity contribution >= 4 is 32.0 Å². The molecule has 0 atom stereocenters. The maximum atomic E-state index is 12.3. The van der Waals surface area contributed by atoms with E-state index in [1.54, 1.807) is 24.3 Å². The highest BCUT2D eigenvalue weighted by molar-refractivity contribution is 7.87. The van der Waals surface area contributed by atoms with Crippen LogP contribution in [0.3, 0.4) is 0 Å². The number of rotatable bonds is 11. The number of hydrogen-bond donors (Lipinski definition) is 1. The molecule has 0 radical (unpaired) electrons. The molecule has 0 amide bonds. The summed E-state index contributed by atoms with van der Waals surface area (Å²) < 4.78 is 54.6. The molecule has 1 N–H and O–H groups in total. The van der Waals surface area contributed by atoms with Gasteiger partial charge in [0.25, 0.3) is 10.2 Å². The molecule has 12 heteroatoms. The lowest BCUT2D eigenvalue weighted by Crippen LogP contribution is -2.38. The minimum atomic E-state index is -3.59. The third kappa shape index (κ3) is 6.76. The molecule has 1 heterocycles. The minimum Gasteiger partial charge on any atom is -0.241 e. The number of nitrogens with one attached hydrogen (secondary N) is 1. The normalized spacial score (nSPS) is 12.8. The molecule has 0 aliphatic carbocycles. The van der Waals surface area contributed by atoms with Crippen molar-refractivity contribution in [1.82, 2.24) is 22.3 Å². The fourth-order valence-electron chi connectivity index (χ4n) is 2.46. The van der Waals surface area contributed by atoms with Gasteiger partial charge in [0.15, 0.2) is 0 Å². The monoisotopic (exact) mass is 463 g/mol. The van der Waals surface area contributed by atoms with Crippen molar-refractivity contribution in [1.29, 1.82) is 0 Å². The van der Waals surface area contributed by atoms with Gasteiger partial charge < -0.3 is 0 Å². The first-order chi connectivity index (χ1) is 13.5. The van der Waals surface area contributed by atoms with Crippen LogP contribution in [-0.2, 0) is 33.4 Å². The molecule has 0 saturated heterocycles. The summed E-state index contributed by atoms with van der Waals surface area (Å²) in [6.45, 7) is 0.522. The molecule has 2 rings (SSSR count). The van der Waals surface area contributed by atoms with Crippen LogP contribution in [0.15, 0.2) is 36.8 Å². The Balaban J connectivity index is 1.77. The topological polar surface area (TPSA) is 105 Å². The Morgan fingerprint density at radius 1 is 1.07 bits per heavy atom. The lowest BCUT2D eigenvalue weighted by molar-refractivity contribution is 0.453. The predicted molar refractivity (Wildman–Crippen MR) is 113 cm³/mol. The van der Waals surface area contributed by atoms with Crippen LogP contribution in [0.2, 0.25) is 5.02 Å². The van der Waals surface area contributed by atoms with E-state index in [0.717, 1.165) is 13.8 Å². The second kappa shape index (κ2) is 10.0. The van der Waals surface area contributed by atoms with Gasteiger partial charge in [-0.25, -0.2) is 13.7 Å². The van der Waals surface area contributed by atoms with Gasteiger partial charge in [0, 0.05) is 45.5 Å². The summed E-state index contributed by atoms with van der Waals surface area (Å²) in [5, 5.41) is 0.599. The van der Waals surface area contributed by atoms with E-state index in [1.807, 2.05) is 0 Å². The van der Waals surface area contributed by atoms with Gasteiger partial charge >= 0.3 is 10.2 Å². The first kappa shape index (κ1) is 23.8. The van der Waals surface area contributed by atoms with Crippen molar-refractivity contribution in [3.63, 3.8) is 0 Å². The third-order valence-corrected chi connectivity index (χ3v) is 7.64. The summed E-state index contributed by atoms with van der Waals surface area (Å²) in [5.74, 6) is 0. The van der Waals surface area contributed by atoms with Crippen molar-refractivity contribution in [2.45, 2.75) is 25.8 Å². The largest absolute Gasteiger partial charge is 0.308 e. The van der Waals surface area contributed by atoms with Crippen LogP contribution < -0.4 is 4.72 Å². The molecule has 29 heavy (non-hydrogen) atoms. The second-order valence-electron chi connectivity index (χ2n) is 6.72. The van der Waals surface area contributed by atoms with Gasteiger partial charge in [0.05, 0.1) is 5.69 Å². The third-order valence-electron chi connectivity index (χ3n) is 4.21. The van der Waals surface area contributed by atoms with E-state index in [0.29, 0.717) is 30.0 Å². The van der Waals surface area contributed by atoms with Gasteiger partial charge in [-0.15, -0.1) is 0 Å². The van der Waals surface area contributed by atoms with Crippen molar-refractivity contribution in [3.8, 4) is 0 Å². The molecule has 0 unspecified atom stereocenters. The Morgan fingerprint density at radius 2 is 1.72 bits per heavy atom. The van der Waals surface area contributed by atoms with Crippen LogP contribution in [0.25, 0.3) is 0 Å². The van der Waals surface area contributed by atoms with Gasteiger partial charge in [-0.1, -0.05) is 23.7 Å². The van der Waals surface area contributed by atoms with Gasteiger partial charge in [-0.05, 0) is 37.0 Å². The molecule has 0 fully saturated rings. The molecular formula is C17H26ClN5O4S2. The molecule has 9 nitrogen and oxygen atoms in total. The highest BCUT2D eigenvalue weighted by atomic mass is 35.5. The van der Waals surface area contributed by atoms with Crippen LogP contribution in [-0.4, -0.2) is 62.1 Å². The Morgan fingerprint density at radius 3 is 2.34 bits per heavy atom. The minimum absolute atomic E-state index is 0.240. The first-order valence-corrected chi connectivity index (χ1v) is 12.1. The molecule has 0 aliphatic heterocycles. The number of aromatic nitrogens is 2. The second-order valence-corrected chi connectivity index (χ2v) is 11.1. The van der Waals surface area contributed by atoms with E-state index >= 15 is 0 Å². The van der Waals surface area contributed by atoms with Crippen molar-refractivity contribution in [2.75, 3.05) is 27.7 Å². The van der Waals surface area contributed by atoms with E-state index in [2.05, 4.69) is 9.71 Å². The summed E-state index contributed by atoms with van der Waals surface area (Å²) in [6, 6.07) is 7.00. The smallest absolute Gasteiger partial charge is 0.241 e. The fourth-order valence-corrected chi connectivity index (χ4v) is 4.33. The zero-order valence-electron chi connectivity index (χ0n) is 16.6. The van der Waals surface area contributed by atoms with Crippen molar-refractivity contribution in [3.05, 3.63) is 53.1 Å². The molecule has 0 aliphatic rings. The summed E-state index contributed by atoms with van der Waals surface area (Å²) in [5.41, 5.74) is 1.48. The number of aryl methyl sites for hydroxylation is 1. The first-order valence-electron chi connectivity index (χ1n) is 8.93. The molecule has 1 aromatic carbocycles.